The Balaban J connectivity index is 1.81. The largest absolute Gasteiger partial charge is 0.463 e. The summed E-state index contributed by atoms with van der Waals surface area (Å²) in [5, 5.41) is 7.21. The maximum absolute atomic E-state index is 5.48. The van der Waals surface area contributed by atoms with Gasteiger partial charge in [-0.2, -0.15) is 0 Å². The fourth-order valence-electron chi connectivity index (χ4n) is 2.13. The molecule has 3 aromatic heterocycles. The van der Waals surface area contributed by atoms with Crippen molar-refractivity contribution in [1.82, 2.24) is 15.1 Å². The molecule has 21 heavy (non-hydrogen) atoms. The van der Waals surface area contributed by atoms with Gasteiger partial charge in [0, 0.05) is 18.3 Å². The van der Waals surface area contributed by atoms with E-state index in [9.17, 15) is 0 Å². The van der Waals surface area contributed by atoms with Crippen molar-refractivity contribution in [3.63, 3.8) is 0 Å². The zero-order valence-electron chi connectivity index (χ0n) is 11.5. The summed E-state index contributed by atoms with van der Waals surface area (Å²) >= 11 is 0. The average Bonchev–Trinajstić information content (AvgIpc) is 2.98. The zero-order valence-corrected chi connectivity index (χ0v) is 11.5. The van der Waals surface area contributed by atoms with Gasteiger partial charge in [-0.1, -0.05) is 5.16 Å². The first kappa shape index (κ1) is 12.1. The third kappa shape index (κ3) is 2.40. The lowest BCUT2D eigenvalue weighted by atomic mass is 10.1. The van der Waals surface area contributed by atoms with Crippen molar-refractivity contribution in [1.29, 1.82) is 0 Å². The third-order valence-corrected chi connectivity index (χ3v) is 3.35. The Bertz CT molecular complexity index is 760. The van der Waals surface area contributed by atoms with Crippen LogP contribution in [0.5, 0.6) is 0 Å². The van der Waals surface area contributed by atoms with E-state index in [0.29, 0.717) is 29.2 Å². The van der Waals surface area contributed by atoms with Crippen LogP contribution in [0.25, 0.3) is 22.8 Å². The summed E-state index contributed by atoms with van der Waals surface area (Å²) in [6.45, 7) is 1.88. The van der Waals surface area contributed by atoms with Gasteiger partial charge in [0.05, 0.1) is 17.5 Å². The van der Waals surface area contributed by atoms with E-state index in [4.69, 9.17) is 8.94 Å². The molecule has 0 radical (unpaired) electrons. The maximum atomic E-state index is 5.48. The highest BCUT2D eigenvalue weighted by Crippen LogP contribution is 2.32. The number of hydrogen-bond acceptors (Lipinski definition) is 6. The van der Waals surface area contributed by atoms with Crippen molar-refractivity contribution in [3.05, 3.63) is 36.4 Å². The van der Waals surface area contributed by atoms with Crippen molar-refractivity contribution in [3.8, 4) is 22.8 Å². The fraction of sp³-hybridized carbons (Fsp3) is 0.267. The molecule has 6 nitrogen and oxygen atoms in total. The van der Waals surface area contributed by atoms with E-state index in [1.165, 1.54) is 12.8 Å². The molecule has 3 heterocycles. The average molecular weight is 282 g/mol. The molecule has 1 aliphatic carbocycles. The van der Waals surface area contributed by atoms with Gasteiger partial charge in [0.25, 0.3) is 0 Å². The molecule has 0 amide bonds. The van der Waals surface area contributed by atoms with E-state index in [-0.39, 0.29) is 0 Å². The van der Waals surface area contributed by atoms with Crippen molar-refractivity contribution in [2.24, 2.45) is 0 Å². The molecule has 1 fully saturated rings. The van der Waals surface area contributed by atoms with Gasteiger partial charge in [-0.25, -0.2) is 9.97 Å². The Hall–Kier alpha value is -2.63. The Morgan fingerprint density at radius 1 is 1.29 bits per heavy atom. The number of furan rings is 1. The Labute approximate surface area is 121 Å². The van der Waals surface area contributed by atoms with Crippen LogP contribution in [0.15, 0.2) is 39.6 Å². The first-order chi connectivity index (χ1) is 10.3. The second kappa shape index (κ2) is 4.73. The van der Waals surface area contributed by atoms with Crippen LogP contribution in [-0.4, -0.2) is 21.2 Å². The Morgan fingerprint density at radius 2 is 2.19 bits per heavy atom. The molecular weight excluding hydrogens is 268 g/mol. The summed E-state index contributed by atoms with van der Waals surface area (Å²) in [6, 6.07) is 6.06. The minimum absolute atomic E-state index is 0.493. The molecule has 0 saturated heterocycles. The molecule has 1 N–H and O–H groups in total. The summed E-state index contributed by atoms with van der Waals surface area (Å²) in [7, 11) is 0. The number of rotatable bonds is 4. The smallest absolute Gasteiger partial charge is 0.223 e. The summed E-state index contributed by atoms with van der Waals surface area (Å²) in [5.41, 5.74) is 2.29. The summed E-state index contributed by atoms with van der Waals surface area (Å²) in [6.07, 6.45) is 5.71. The highest BCUT2D eigenvalue weighted by Gasteiger charge is 2.23. The van der Waals surface area contributed by atoms with E-state index in [2.05, 4.69) is 20.4 Å². The second-order valence-corrected chi connectivity index (χ2v) is 5.18. The van der Waals surface area contributed by atoms with Crippen LogP contribution < -0.4 is 5.32 Å². The lowest BCUT2D eigenvalue weighted by molar-refractivity contribution is 0.427. The van der Waals surface area contributed by atoms with Crippen LogP contribution in [0.3, 0.4) is 0 Å². The SMILES string of the molecule is Cc1cc(-c2cnc(NC3CC3)nc2-c2ccco2)on1. The molecule has 6 heteroatoms. The minimum atomic E-state index is 0.493. The highest BCUT2D eigenvalue weighted by molar-refractivity contribution is 5.75. The van der Waals surface area contributed by atoms with Crippen LogP contribution >= 0.6 is 0 Å². The molecule has 0 spiro atoms. The van der Waals surface area contributed by atoms with E-state index in [1.54, 1.807) is 12.5 Å². The zero-order chi connectivity index (χ0) is 14.2. The van der Waals surface area contributed by atoms with E-state index in [1.807, 2.05) is 25.1 Å². The van der Waals surface area contributed by atoms with Gasteiger partial charge < -0.3 is 14.3 Å². The quantitative estimate of drug-likeness (QED) is 0.791. The van der Waals surface area contributed by atoms with Gasteiger partial charge in [-0.3, -0.25) is 0 Å². The monoisotopic (exact) mass is 282 g/mol. The van der Waals surface area contributed by atoms with Crippen molar-refractivity contribution >= 4 is 5.95 Å². The molecule has 0 unspecified atom stereocenters. The number of nitrogens with zero attached hydrogens (tertiary/aromatic N) is 3. The standard InChI is InChI=1S/C15H14N4O2/c1-9-7-13(21-19-9)11-8-16-15(17-10-4-5-10)18-14(11)12-3-2-6-20-12/h2-3,6-8,10H,4-5H2,1H3,(H,16,17,18). The normalized spacial score (nSPS) is 14.3. The number of hydrogen-bond donors (Lipinski definition) is 1. The Morgan fingerprint density at radius 3 is 2.86 bits per heavy atom. The number of aromatic nitrogens is 3. The van der Waals surface area contributed by atoms with Gasteiger partial charge >= 0.3 is 0 Å². The van der Waals surface area contributed by atoms with Crippen molar-refractivity contribution < 1.29 is 8.94 Å². The number of aryl methyl sites for hydroxylation is 1. The van der Waals surface area contributed by atoms with E-state index in [0.717, 1.165) is 11.3 Å². The molecule has 106 valence electrons. The van der Waals surface area contributed by atoms with Crippen LogP contribution in [-0.2, 0) is 0 Å². The molecule has 1 aliphatic rings. The highest BCUT2D eigenvalue weighted by atomic mass is 16.5. The predicted molar refractivity (Wildman–Crippen MR) is 76.6 cm³/mol. The molecule has 0 aromatic carbocycles. The Kier molecular flexibility index (Phi) is 2.73. The van der Waals surface area contributed by atoms with Gasteiger partial charge in [0.1, 0.15) is 5.69 Å². The number of anilines is 1. The first-order valence-corrected chi connectivity index (χ1v) is 6.91. The summed E-state index contributed by atoms with van der Waals surface area (Å²) in [4.78, 5) is 8.94. The number of nitrogens with one attached hydrogen (secondary N) is 1. The van der Waals surface area contributed by atoms with Gasteiger partial charge in [-0.15, -0.1) is 0 Å². The summed E-state index contributed by atoms with van der Waals surface area (Å²) < 4.78 is 10.8. The molecule has 0 atom stereocenters. The minimum Gasteiger partial charge on any atom is -0.463 e. The van der Waals surface area contributed by atoms with Crippen molar-refractivity contribution in [2.75, 3.05) is 5.32 Å². The van der Waals surface area contributed by atoms with Crippen LogP contribution in [0.2, 0.25) is 0 Å². The first-order valence-electron chi connectivity index (χ1n) is 6.91. The molecule has 0 aliphatic heterocycles. The van der Waals surface area contributed by atoms with Crippen LogP contribution in [0.4, 0.5) is 5.95 Å². The van der Waals surface area contributed by atoms with Gasteiger partial charge in [0.15, 0.2) is 11.5 Å². The van der Waals surface area contributed by atoms with Crippen LogP contribution in [0, 0.1) is 6.92 Å². The van der Waals surface area contributed by atoms with Crippen molar-refractivity contribution in [2.45, 2.75) is 25.8 Å². The lowest BCUT2D eigenvalue weighted by Gasteiger charge is -2.07. The third-order valence-electron chi connectivity index (χ3n) is 3.35. The second-order valence-electron chi connectivity index (χ2n) is 5.18. The van der Waals surface area contributed by atoms with Crippen LogP contribution in [0.1, 0.15) is 18.5 Å². The fourth-order valence-corrected chi connectivity index (χ4v) is 2.13. The molecular formula is C15H14N4O2. The molecule has 3 aromatic rings. The van der Waals surface area contributed by atoms with Gasteiger partial charge in [0.2, 0.25) is 5.95 Å². The topological polar surface area (TPSA) is 77.0 Å². The predicted octanol–water partition coefficient (Wildman–Crippen LogP) is 3.27. The van der Waals surface area contributed by atoms with E-state index < -0.39 is 0 Å². The van der Waals surface area contributed by atoms with Gasteiger partial charge in [-0.05, 0) is 31.9 Å². The molecule has 0 bridgehead atoms. The lowest BCUT2D eigenvalue weighted by Crippen LogP contribution is -2.06. The molecule has 4 rings (SSSR count). The summed E-state index contributed by atoms with van der Waals surface area (Å²) in [5.74, 6) is 1.93. The maximum Gasteiger partial charge on any atom is 0.223 e. The van der Waals surface area contributed by atoms with E-state index >= 15 is 0 Å². The molecule has 1 saturated carbocycles.